The zero-order valence-electron chi connectivity index (χ0n) is 20.6. The average molecular weight is 584 g/mol. The number of likely N-dealkylation sites (tertiary alicyclic amines) is 1. The molecule has 39 heavy (non-hydrogen) atoms. The lowest BCUT2D eigenvalue weighted by atomic mass is 10.1. The minimum atomic E-state index is -4.43. The normalized spacial score (nSPS) is 17.4. The predicted molar refractivity (Wildman–Crippen MR) is 138 cm³/mol. The molecule has 3 N–H and O–H groups in total. The summed E-state index contributed by atoms with van der Waals surface area (Å²) in [4.78, 5) is 57.5. The molecule has 0 aliphatic carbocycles. The highest BCUT2D eigenvalue weighted by atomic mass is 35.5. The Balaban J connectivity index is 1.52. The maximum atomic E-state index is 14.4. The fourth-order valence-corrected chi connectivity index (χ4v) is 4.98. The molecule has 1 saturated heterocycles. The molecule has 2 unspecified atom stereocenters. The van der Waals surface area contributed by atoms with Crippen molar-refractivity contribution in [3.05, 3.63) is 64.6 Å². The number of carbonyl (C=O) groups is 3. The fourth-order valence-electron chi connectivity index (χ4n) is 4.47. The van der Waals surface area contributed by atoms with E-state index in [4.69, 9.17) is 26.1 Å². The van der Waals surface area contributed by atoms with Gasteiger partial charge in [-0.1, -0.05) is 23.7 Å². The second-order valence-electron chi connectivity index (χ2n) is 9.17. The highest BCUT2D eigenvalue weighted by Gasteiger charge is 2.39. The fraction of sp³-hybridized carbons (Fsp3) is 0.320. The summed E-state index contributed by atoms with van der Waals surface area (Å²) in [5.74, 6) is -2.10. The van der Waals surface area contributed by atoms with Gasteiger partial charge in [0.2, 0.25) is 11.8 Å². The van der Waals surface area contributed by atoms with Gasteiger partial charge in [0.15, 0.2) is 12.1 Å². The van der Waals surface area contributed by atoms with Crippen LogP contribution in [0.5, 0.6) is 5.75 Å². The molecule has 3 aromatic rings. The van der Waals surface area contributed by atoms with Crippen LogP contribution in [0.15, 0.2) is 42.6 Å². The molecule has 0 radical (unpaired) electrons. The molecule has 1 aliphatic heterocycles. The number of nitrogens with one attached hydrogen (secondary N) is 1. The lowest BCUT2D eigenvalue weighted by Crippen LogP contribution is -2.46. The van der Waals surface area contributed by atoms with Crippen LogP contribution in [0.2, 0.25) is 5.02 Å². The number of benzene rings is 2. The molecule has 1 fully saturated rings. The van der Waals surface area contributed by atoms with Crippen LogP contribution in [0.25, 0.3) is 10.9 Å². The van der Waals surface area contributed by atoms with Gasteiger partial charge < -0.3 is 29.3 Å². The number of ether oxygens (including phenoxy) is 1. The molecular formula is C25H25ClF2N3O7P. The van der Waals surface area contributed by atoms with Crippen LogP contribution in [-0.2, 0) is 27.2 Å². The Kier molecular flexibility index (Phi) is 8.41. The van der Waals surface area contributed by atoms with Gasteiger partial charge in [-0.3, -0.25) is 18.9 Å². The summed E-state index contributed by atoms with van der Waals surface area (Å²) < 4.78 is 46.3. The number of aromatic nitrogens is 1. The van der Waals surface area contributed by atoms with Crippen LogP contribution in [0.3, 0.4) is 0 Å². The van der Waals surface area contributed by atoms with Crippen LogP contribution >= 0.6 is 19.2 Å². The number of hydrogen-bond donors (Lipinski definition) is 3. The maximum absolute atomic E-state index is 14.4. The molecular weight excluding hydrogens is 559 g/mol. The molecule has 208 valence electrons. The molecule has 2 heterocycles. The van der Waals surface area contributed by atoms with E-state index in [1.54, 1.807) is 0 Å². The number of alkyl halides is 1. The van der Waals surface area contributed by atoms with E-state index in [1.165, 1.54) is 54.1 Å². The van der Waals surface area contributed by atoms with Crippen molar-refractivity contribution in [2.24, 2.45) is 0 Å². The van der Waals surface area contributed by atoms with Crippen molar-refractivity contribution in [1.29, 1.82) is 0 Å². The highest BCUT2D eigenvalue weighted by Crippen LogP contribution is 2.35. The van der Waals surface area contributed by atoms with Crippen molar-refractivity contribution in [2.75, 3.05) is 12.9 Å². The lowest BCUT2D eigenvalue weighted by Gasteiger charge is -2.24. The van der Waals surface area contributed by atoms with Gasteiger partial charge in [-0.25, -0.2) is 8.78 Å². The molecule has 0 saturated carbocycles. The van der Waals surface area contributed by atoms with Crippen LogP contribution in [0.1, 0.15) is 29.3 Å². The van der Waals surface area contributed by atoms with E-state index in [2.05, 4.69) is 5.32 Å². The Bertz CT molecular complexity index is 1490. The van der Waals surface area contributed by atoms with E-state index in [0.29, 0.717) is 10.9 Å². The number of carbonyl (C=O) groups excluding carboxylic acids is 3. The Morgan fingerprint density at radius 3 is 2.67 bits per heavy atom. The van der Waals surface area contributed by atoms with E-state index in [0.717, 1.165) is 4.90 Å². The van der Waals surface area contributed by atoms with E-state index < -0.39 is 43.8 Å². The molecule has 1 aliphatic rings. The molecule has 1 aromatic heterocycles. The Morgan fingerprint density at radius 1 is 1.23 bits per heavy atom. The second kappa shape index (κ2) is 11.4. The third kappa shape index (κ3) is 6.65. The summed E-state index contributed by atoms with van der Waals surface area (Å²) in [6, 6.07) is 7.62. The van der Waals surface area contributed by atoms with Gasteiger partial charge in [-0.15, -0.1) is 0 Å². The number of hydrogen-bond acceptors (Lipinski definition) is 5. The number of amides is 2. The molecule has 14 heteroatoms. The maximum Gasteiger partial charge on any atom is 0.362 e. The Morgan fingerprint density at radius 2 is 1.97 bits per heavy atom. The average Bonchev–Trinajstić information content (AvgIpc) is 3.43. The zero-order valence-corrected chi connectivity index (χ0v) is 22.3. The number of fused-ring (bicyclic) bond motifs is 1. The highest BCUT2D eigenvalue weighted by molar-refractivity contribution is 7.51. The molecule has 2 amide bonds. The number of nitrogens with zero attached hydrogens (tertiary/aromatic N) is 2. The SMILES string of the molecule is CC(=O)c1cn(CC(=O)N2CC(F)CC2C(=O)NCc2cccc(Cl)c2F)c2ccc(OCP(=O)(O)O)cc12. The standard InChI is InChI=1S/C25H25ClF2N3O7P/c1-14(32)19-11-30(21-6-5-17(8-18(19)21)38-13-39(35,36)37)12-23(33)31-10-16(27)7-22(31)25(34)29-9-15-3-2-4-20(26)24(15)28/h2-6,8,11,16,22H,7,9-10,12-13H2,1H3,(H,29,34)(H2,35,36,37). The molecule has 2 atom stereocenters. The van der Waals surface area contributed by atoms with Crippen molar-refractivity contribution in [2.45, 2.75) is 38.6 Å². The molecule has 2 aromatic carbocycles. The largest absolute Gasteiger partial charge is 0.481 e. The van der Waals surface area contributed by atoms with Gasteiger partial charge in [-0.05, 0) is 31.2 Å². The number of Topliss-reactive ketones (excluding diaryl/α,β-unsaturated/α-hetero) is 1. The van der Waals surface area contributed by atoms with Crippen molar-refractivity contribution in [1.82, 2.24) is 14.8 Å². The monoisotopic (exact) mass is 583 g/mol. The third-order valence-corrected chi connectivity index (χ3v) is 7.05. The number of rotatable bonds is 9. The molecule has 0 spiro atoms. The third-order valence-electron chi connectivity index (χ3n) is 6.29. The first-order valence-electron chi connectivity index (χ1n) is 11.8. The predicted octanol–water partition coefficient (Wildman–Crippen LogP) is 3.41. The lowest BCUT2D eigenvalue weighted by molar-refractivity contribution is -0.139. The van der Waals surface area contributed by atoms with Gasteiger partial charge in [0.25, 0.3) is 0 Å². The van der Waals surface area contributed by atoms with Crippen molar-refractivity contribution in [3.63, 3.8) is 0 Å². The molecule has 10 nitrogen and oxygen atoms in total. The summed E-state index contributed by atoms with van der Waals surface area (Å²) in [7, 11) is -4.43. The number of ketones is 1. The minimum Gasteiger partial charge on any atom is -0.481 e. The first-order valence-corrected chi connectivity index (χ1v) is 14.0. The van der Waals surface area contributed by atoms with E-state index >= 15 is 0 Å². The van der Waals surface area contributed by atoms with E-state index in [-0.39, 0.29) is 53.7 Å². The Hall–Kier alpha value is -3.31. The summed E-state index contributed by atoms with van der Waals surface area (Å²) >= 11 is 5.77. The van der Waals surface area contributed by atoms with Crippen molar-refractivity contribution >= 4 is 47.7 Å². The first-order chi connectivity index (χ1) is 18.3. The van der Waals surface area contributed by atoms with Crippen LogP contribution < -0.4 is 10.1 Å². The number of halogens is 3. The summed E-state index contributed by atoms with van der Waals surface area (Å²) in [6.45, 7) is 0.506. The van der Waals surface area contributed by atoms with Gasteiger partial charge in [0.1, 0.15) is 30.3 Å². The minimum absolute atomic E-state index is 0.104. The van der Waals surface area contributed by atoms with Crippen molar-refractivity contribution < 1.29 is 42.3 Å². The van der Waals surface area contributed by atoms with Gasteiger partial charge in [0.05, 0.1) is 11.6 Å². The molecule has 4 rings (SSSR count). The first kappa shape index (κ1) is 28.7. The molecule has 0 bridgehead atoms. The summed E-state index contributed by atoms with van der Waals surface area (Å²) in [5.41, 5.74) is 0.829. The topological polar surface area (TPSA) is 138 Å². The van der Waals surface area contributed by atoms with Gasteiger partial charge in [0, 0.05) is 41.2 Å². The van der Waals surface area contributed by atoms with Crippen LogP contribution in [0.4, 0.5) is 8.78 Å². The quantitative estimate of drug-likeness (QED) is 0.259. The summed E-state index contributed by atoms with van der Waals surface area (Å²) in [5, 5.41) is 2.82. The summed E-state index contributed by atoms with van der Waals surface area (Å²) in [6.07, 6.45) is -1.06. The van der Waals surface area contributed by atoms with E-state index in [1.807, 2.05) is 0 Å². The van der Waals surface area contributed by atoms with Gasteiger partial charge >= 0.3 is 7.60 Å². The van der Waals surface area contributed by atoms with Gasteiger partial charge in [-0.2, -0.15) is 0 Å². The van der Waals surface area contributed by atoms with Crippen LogP contribution in [0, 0.1) is 5.82 Å². The zero-order chi connectivity index (χ0) is 28.5. The van der Waals surface area contributed by atoms with Crippen LogP contribution in [-0.4, -0.2) is 62.0 Å². The Labute approximate surface area is 226 Å². The van der Waals surface area contributed by atoms with Crippen molar-refractivity contribution in [3.8, 4) is 5.75 Å². The smallest absolute Gasteiger partial charge is 0.362 e. The van der Waals surface area contributed by atoms with E-state index in [9.17, 15) is 27.7 Å². The second-order valence-corrected chi connectivity index (χ2v) is 11.2.